The van der Waals surface area contributed by atoms with Crippen molar-refractivity contribution in [2.45, 2.75) is 33.2 Å². The van der Waals surface area contributed by atoms with Crippen LogP contribution in [0, 0.1) is 11.3 Å². The largest absolute Gasteiger partial charge is 0.315 e. The SMILES string of the molecule is CC(C)Cn1ncnc1CC1(Cc2ccccc2)CNC1. The zero-order valence-corrected chi connectivity index (χ0v) is 12.9. The molecule has 1 N–H and O–H groups in total. The van der Waals surface area contributed by atoms with Crippen LogP contribution in [0.4, 0.5) is 0 Å². The van der Waals surface area contributed by atoms with Crippen LogP contribution in [0.15, 0.2) is 36.7 Å². The van der Waals surface area contributed by atoms with Crippen LogP contribution in [0.2, 0.25) is 0 Å². The molecule has 0 saturated carbocycles. The highest BCUT2D eigenvalue weighted by atomic mass is 15.3. The first kappa shape index (κ1) is 14.3. The predicted octanol–water partition coefficient (Wildman–Crippen LogP) is 2.31. The molecule has 21 heavy (non-hydrogen) atoms. The number of hydrogen-bond donors (Lipinski definition) is 1. The van der Waals surface area contributed by atoms with Crippen LogP contribution in [0.5, 0.6) is 0 Å². The normalized spacial score (nSPS) is 16.9. The molecule has 0 spiro atoms. The highest BCUT2D eigenvalue weighted by molar-refractivity contribution is 5.19. The van der Waals surface area contributed by atoms with Crippen molar-refractivity contribution in [3.8, 4) is 0 Å². The highest BCUT2D eigenvalue weighted by Gasteiger charge is 2.38. The Morgan fingerprint density at radius 2 is 1.95 bits per heavy atom. The average molecular weight is 284 g/mol. The van der Waals surface area contributed by atoms with Crippen molar-refractivity contribution < 1.29 is 0 Å². The maximum atomic E-state index is 4.50. The predicted molar refractivity (Wildman–Crippen MR) is 84.0 cm³/mol. The van der Waals surface area contributed by atoms with Crippen molar-refractivity contribution >= 4 is 0 Å². The van der Waals surface area contributed by atoms with Crippen LogP contribution in [0.1, 0.15) is 25.2 Å². The summed E-state index contributed by atoms with van der Waals surface area (Å²) in [5.41, 5.74) is 1.71. The quantitative estimate of drug-likeness (QED) is 0.885. The summed E-state index contributed by atoms with van der Waals surface area (Å²) in [5, 5.41) is 7.83. The smallest absolute Gasteiger partial charge is 0.138 e. The zero-order valence-electron chi connectivity index (χ0n) is 12.9. The number of aromatic nitrogens is 3. The molecule has 0 bridgehead atoms. The lowest BCUT2D eigenvalue weighted by atomic mass is 9.73. The lowest BCUT2D eigenvalue weighted by molar-refractivity contribution is 0.160. The summed E-state index contributed by atoms with van der Waals surface area (Å²) >= 11 is 0. The van der Waals surface area contributed by atoms with Crippen LogP contribution in [0.25, 0.3) is 0 Å². The van der Waals surface area contributed by atoms with Crippen molar-refractivity contribution in [2.75, 3.05) is 13.1 Å². The first-order valence-corrected chi connectivity index (χ1v) is 7.78. The monoisotopic (exact) mass is 284 g/mol. The molecule has 112 valence electrons. The van der Waals surface area contributed by atoms with E-state index in [4.69, 9.17) is 0 Å². The van der Waals surface area contributed by atoms with Crippen LogP contribution in [0.3, 0.4) is 0 Å². The molecule has 0 amide bonds. The first-order chi connectivity index (χ1) is 10.2. The van der Waals surface area contributed by atoms with Crippen LogP contribution < -0.4 is 5.32 Å². The van der Waals surface area contributed by atoms with Gasteiger partial charge in [-0.2, -0.15) is 5.10 Å². The molecular formula is C17H24N4. The molecule has 4 heteroatoms. The minimum atomic E-state index is 0.295. The van der Waals surface area contributed by atoms with Gasteiger partial charge in [-0.15, -0.1) is 0 Å². The van der Waals surface area contributed by atoms with Gasteiger partial charge in [-0.05, 0) is 17.9 Å². The lowest BCUT2D eigenvalue weighted by Crippen LogP contribution is -2.56. The van der Waals surface area contributed by atoms with Crippen molar-refractivity contribution in [1.82, 2.24) is 20.1 Å². The molecule has 0 radical (unpaired) electrons. The van der Waals surface area contributed by atoms with Gasteiger partial charge in [0.05, 0.1) is 0 Å². The van der Waals surface area contributed by atoms with E-state index in [0.717, 1.165) is 38.3 Å². The second kappa shape index (κ2) is 5.98. The van der Waals surface area contributed by atoms with Gasteiger partial charge in [0, 0.05) is 31.5 Å². The van der Waals surface area contributed by atoms with Crippen molar-refractivity contribution in [3.63, 3.8) is 0 Å². The lowest BCUT2D eigenvalue weighted by Gasteiger charge is -2.43. The average Bonchev–Trinajstić information content (AvgIpc) is 2.84. The van der Waals surface area contributed by atoms with E-state index in [9.17, 15) is 0 Å². The molecule has 0 unspecified atom stereocenters. The van der Waals surface area contributed by atoms with E-state index in [1.165, 1.54) is 5.56 Å². The van der Waals surface area contributed by atoms with Gasteiger partial charge < -0.3 is 5.32 Å². The Bertz CT molecular complexity index is 569. The van der Waals surface area contributed by atoms with Crippen molar-refractivity contribution in [2.24, 2.45) is 11.3 Å². The number of benzene rings is 1. The second-order valence-electron chi connectivity index (χ2n) is 6.69. The summed E-state index contributed by atoms with van der Waals surface area (Å²) < 4.78 is 2.08. The number of rotatable bonds is 6. The fraction of sp³-hybridized carbons (Fsp3) is 0.529. The van der Waals surface area contributed by atoms with Crippen molar-refractivity contribution in [1.29, 1.82) is 0 Å². The maximum Gasteiger partial charge on any atom is 0.138 e. The second-order valence-corrected chi connectivity index (χ2v) is 6.69. The molecule has 1 aliphatic heterocycles. The van der Waals surface area contributed by atoms with Gasteiger partial charge in [0.15, 0.2) is 0 Å². The summed E-state index contributed by atoms with van der Waals surface area (Å²) in [6.45, 7) is 7.52. The highest BCUT2D eigenvalue weighted by Crippen LogP contribution is 2.31. The number of nitrogens with one attached hydrogen (secondary N) is 1. The van der Waals surface area contributed by atoms with E-state index < -0.39 is 0 Å². The molecule has 1 aliphatic rings. The van der Waals surface area contributed by atoms with Crippen LogP contribution >= 0.6 is 0 Å². The minimum Gasteiger partial charge on any atom is -0.315 e. The third-order valence-corrected chi connectivity index (χ3v) is 4.19. The molecule has 0 atom stereocenters. The van der Waals surface area contributed by atoms with E-state index >= 15 is 0 Å². The molecule has 1 fully saturated rings. The van der Waals surface area contributed by atoms with Crippen LogP contribution in [-0.2, 0) is 19.4 Å². The molecule has 2 aromatic rings. The molecule has 0 aliphatic carbocycles. The summed E-state index contributed by atoms with van der Waals surface area (Å²) in [6, 6.07) is 10.8. The maximum absolute atomic E-state index is 4.50. The Hall–Kier alpha value is -1.68. The van der Waals surface area contributed by atoms with Gasteiger partial charge >= 0.3 is 0 Å². The third kappa shape index (κ3) is 3.32. The fourth-order valence-corrected chi connectivity index (χ4v) is 3.08. The molecule has 1 aromatic carbocycles. The Balaban J connectivity index is 1.74. The van der Waals surface area contributed by atoms with E-state index in [0.29, 0.717) is 11.3 Å². The zero-order chi connectivity index (χ0) is 14.7. The summed E-state index contributed by atoms with van der Waals surface area (Å²) in [7, 11) is 0. The first-order valence-electron chi connectivity index (χ1n) is 7.78. The third-order valence-electron chi connectivity index (χ3n) is 4.19. The van der Waals surface area contributed by atoms with E-state index in [-0.39, 0.29) is 0 Å². The molecule has 1 saturated heterocycles. The molecular weight excluding hydrogens is 260 g/mol. The van der Waals surface area contributed by atoms with Gasteiger partial charge in [0.25, 0.3) is 0 Å². The van der Waals surface area contributed by atoms with E-state index in [1.54, 1.807) is 6.33 Å². The molecule has 3 rings (SSSR count). The topological polar surface area (TPSA) is 42.7 Å². The van der Waals surface area contributed by atoms with Crippen molar-refractivity contribution in [3.05, 3.63) is 48.0 Å². The van der Waals surface area contributed by atoms with Gasteiger partial charge in [-0.3, -0.25) is 0 Å². The molecule has 2 heterocycles. The van der Waals surface area contributed by atoms with E-state index in [2.05, 4.69) is 64.3 Å². The summed E-state index contributed by atoms with van der Waals surface area (Å²) in [6.07, 6.45) is 3.80. The Kier molecular flexibility index (Phi) is 4.06. The van der Waals surface area contributed by atoms with E-state index in [1.807, 2.05) is 0 Å². The Morgan fingerprint density at radius 3 is 2.57 bits per heavy atom. The summed E-state index contributed by atoms with van der Waals surface area (Å²) in [4.78, 5) is 4.50. The van der Waals surface area contributed by atoms with Gasteiger partial charge in [-0.1, -0.05) is 44.2 Å². The van der Waals surface area contributed by atoms with Crippen LogP contribution in [-0.4, -0.2) is 27.9 Å². The standard InChI is InChI=1S/C17H24N4/c1-14(2)10-21-16(19-13-20-21)9-17(11-18-12-17)8-15-6-4-3-5-7-15/h3-7,13-14,18H,8-12H2,1-2H3. The molecule has 1 aromatic heterocycles. The minimum absolute atomic E-state index is 0.295. The molecule has 4 nitrogen and oxygen atoms in total. The number of nitrogens with zero attached hydrogens (tertiary/aromatic N) is 3. The Morgan fingerprint density at radius 1 is 1.19 bits per heavy atom. The van der Waals surface area contributed by atoms with Gasteiger partial charge in [0.1, 0.15) is 12.2 Å². The summed E-state index contributed by atoms with van der Waals surface area (Å²) in [5.74, 6) is 1.72. The van der Waals surface area contributed by atoms with Gasteiger partial charge in [0.2, 0.25) is 0 Å². The fourth-order valence-electron chi connectivity index (χ4n) is 3.08. The number of hydrogen-bond acceptors (Lipinski definition) is 3. The van der Waals surface area contributed by atoms with Gasteiger partial charge in [-0.25, -0.2) is 9.67 Å². The Labute approximate surface area is 126 Å².